The SMILES string of the molecule is CC12C=CC=CC(=CC(C3(c4ccc5ccccc5c4)C(=O)c4cccc5cccc3c45)=CC1)C2. The molecule has 0 saturated carbocycles. The summed E-state index contributed by atoms with van der Waals surface area (Å²) in [5.41, 5.74) is 4.54. The fourth-order valence-corrected chi connectivity index (χ4v) is 6.48. The van der Waals surface area contributed by atoms with E-state index in [1.165, 1.54) is 11.0 Å². The molecule has 7 rings (SSSR count). The summed E-state index contributed by atoms with van der Waals surface area (Å²) in [6.45, 7) is 2.32. The van der Waals surface area contributed by atoms with Crippen LogP contribution in [0.2, 0.25) is 0 Å². The smallest absolute Gasteiger partial charge is 0.182 e. The maximum absolute atomic E-state index is 14.7. The molecule has 0 spiro atoms. The Labute approximate surface area is 205 Å². The van der Waals surface area contributed by atoms with Gasteiger partial charge in [-0.2, -0.15) is 0 Å². The molecule has 0 fully saturated rings. The number of carbonyl (C=O) groups is 1. The number of benzene rings is 4. The van der Waals surface area contributed by atoms with E-state index < -0.39 is 5.41 Å². The number of Topliss-reactive ketones (excluding diaryl/α,β-unsaturated/α-hetero) is 1. The average molecular weight is 451 g/mol. The van der Waals surface area contributed by atoms with E-state index in [2.05, 4.69) is 110 Å². The molecule has 2 bridgehead atoms. The molecule has 1 nitrogen and oxygen atoms in total. The first-order valence-corrected chi connectivity index (χ1v) is 12.4. The zero-order valence-corrected chi connectivity index (χ0v) is 19.8. The molecular formula is C34H26O. The van der Waals surface area contributed by atoms with Crippen molar-refractivity contribution in [3.63, 3.8) is 0 Å². The summed E-state index contributed by atoms with van der Waals surface area (Å²) in [6, 6.07) is 27.5. The first-order chi connectivity index (χ1) is 17.1. The standard InChI is InChI=1S/C34H26O/c1-33-18-5-4-8-23(22-33)20-28(17-19-33)34(27-16-15-24-9-2-3-10-26(24)21-27)30-14-7-12-25-11-6-13-29(31(25)30)32(34)35/h2-18,20-21H,19,22H2,1H3. The summed E-state index contributed by atoms with van der Waals surface area (Å²) in [5.74, 6) is 0.182. The van der Waals surface area contributed by atoms with Crippen molar-refractivity contribution < 1.29 is 4.79 Å². The lowest BCUT2D eigenvalue weighted by molar-refractivity contribution is 0.0944. The minimum Gasteiger partial charge on any atom is -0.292 e. The number of fused-ring (bicyclic) bond motifs is 3. The first-order valence-electron chi connectivity index (χ1n) is 12.4. The quantitative estimate of drug-likeness (QED) is 0.300. The summed E-state index contributed by atoms with van der Waals surface area (Å²) in [4.78, 5) is 14.7. The van der Waals surface area contributed by atoms with Gasteiger partial charge in [-0.05, 0) is 68.1 Å². The minimum absolute atomic E-state index is 0.0438. The van der Waals surface area contributed by atoms with Gasteiger partial charge in [-0.1, -0.05) is 116 Å². The summed E-state index contributed by atoms with van der Waals surface area (Å²) in [5, 5.41) is 4.57. The van der Waals surface area contributed by atoms with E-state index in [-0.39, 0.29) is 11.2 Å². The van der Waals surface area contributed by atoms with E-state index in [1.807, 2.05) is 12.1 Å². The van der Waals surface area contributed by atoms with Crippen molar-refractivity contribution in [1.82, 2.24) is 0 Å². The molecule has 1 heteroatoms. The fraction of sp³-hybridized carbons (Fsp3) is 0.147. The Kier molecular flexibility index (Phi) is 4.23. The fourth-order valence-electron chi connectivity index (χ4n) is 6.48. The number of hydrogen-bond acceptors (Lipinski definition) is 1. The maximum atomic E-state index is 14.7. The second kappa shape index (κ2) is 7.26. The average Bonchev–Trinajstić information content (AvgIpc) is 3.01. The van der Waals surface area contributed by atoms with Crippen molar-refractivity contribution in [3.8, 4) is 0 Å². The van der Waals surface area contributed by atoms with Crippen LogP contribution in [0.15, 0.2) is 126 Å². The second-order valence-corrected chi connectivity index (χ2v) is 10.5. The molecule has 0 saturated heterocycles. The molecule has 0 N–H and O–H groups in total. The zero-order chi connectivity index (χ0) is 23.6. The van der Waals surface area contributed by atoms with Crippen molar-refractivity contribution in [3.05, 3.63) is 143 Å². The molecule has 4 aromatic carbocycles. The van der Waals surface area contributed by atoms with Gasteiger partial charge in [0, 0.05) is 5.56 Å². The van der Waals surface area contributed by atoms with Gasteiger partial charge in [0.2, 0.25) is 0 Å². The number of rotatable bonds is 2. The van der Waals surface area contributed by atoms with Gasteiger partial charge in [-0.3, -0.25) is 4.79 Å². The van der Waals surface area contributed by atoms with Crippen LogP contribution in [0.4, 0.5) is 0 Å². The summed E-state index contributed by atoms with van der Waals surface area (Å²) in [7, 11) is 0. The van der Waals surface area contributed by atoms with Gasteiger partial charge in [0.05, 0.1) is 0 Å². The Bertz CT molecular complexity index is 1670. The van der Waals surface area contributed by atoms with Gasteiger partial charge in [0.1, 0.15) is 5.41 Å². The lowest BCUT2D eigenvalue weighted by Gasteiger charge is -2.32. The third-order valence-electron chi connectivity index (χ3n) is 8.17. The van der Waals surface area contributed by atoms with Crippen LogP contribution in [0, 0.1) is 5.41 Å². The minimum atomic E-state index is -0.861. The van der Waals surface area contributed by atoms with Crippen LogP contribution < -0.4 is 0 Å². The van der Waals surface area contributed by atoms with Crippen LogP contribution in [-0.2, 0) is 5.41 Å². The predicted molar refractivity (Wildman–Crippen MR) is 145 cm³/mol. The van der Waals surface area contributed by atoms with Gasteiger partial charge in [0.25, 0.3) is 0 Å². The Morgan fingerprint density at radius 2 is 1.60 bits per heavy atom. The van der Waals surface area contributed by atoms with E-state index in [1.54, 1.807) is 0 Å². The topological polar surface area (TPSA) is 17.1 Å². The molecule has 0 aromatic heterocycles. The third kappa shape index (κ3) is 2.85. The molecule has 0 aliphatic heterocycles. The van der Waals surface area contributed by atoms with Gasteiger partial charge >= 0.3 is 0 Å². The summed E-state index contributed by atoms with van der Waals surface area (Å²) in [6.07, 6.45) is 15.3. The van der Waals surface area contributed by atoms with Crippen molar-refractivity contribution >= 4 is 27.3 Å². The predicted octanol–water partition coefficient (Wildman–Crippen LogP) is 8.25. The Morgan fingerprint density at radius 3 is 2.49 bits per heavy atom. The van der Waals surface area contributed by atoms with E-state index in [0.29, 0.717) is 0 Å². The van der Waals surface area contributed by atoms with Crippen LogP contribution in [0.1, 0.15) is 41.3 Å². The number of ketones is 1. The molecular weight excluding hydrogens is 424 g/mol. The molecule has 2 unspecified atom stereocenters. The van der Waals surface area contributed by atoms with E-state index >= 15 is 0 Å². The largest absolute Gasteiger partial charge is 0.292 e. The Hall–Kier alpha value is -3.97. The van der Waals surface area contributed by atoms with E-state index in [4.69, 9.17) is 0 Å². The van der Waals surface area contributed by atoms with Gasteiger partial charge in [-0.25, -0.2) is 0 Å². The molecule has 35 heavy (non-hydrogen) atoms. The van der Waals surface area contributed by atoms with Gasteiger partial charge in [-0.15, -0.1) is 0 Å². The van der Waals surface area contributed by atoms with E-state index in [9.17, 15) is 4.79 Å². The van der Waals surface area contributed by atoms with Gasteiger partial charge in [0.15, 0.2) is 5.78 Å². The number of allylic oxidation sites excluding steroid dienone is 8. The maximum Gasteiger partial charge on any atom is 0.182 e. The number of hydrogen-bond donors (Lipinski definition) is 0. The Balaban J connectivity index is 1.58. The Morgan fingerprint density at radius 1 is 0.800 bits per heavy atom. The molecule has 0 amide bonds. The highest BCUT2D eigenvalue weighted by Gasteiger charge is 2.51. The molecule has 3 aliphatic rings. The van der Waals surface area contributed by atoms with Crippen LogP contribution in [-0.4, -0.2) is 5.78 Å². The highest BCUT2D eigenvalue weighted by atomic mass is 16.1. The third-order valence-corrected chi connectivity index (χ3v) is 8.17. The van der Waals surface area contributed by atoms with Crippen molar-refractivity contribution in [2.24, 2.45) is 5.41 Å². The zero-order valence-electron chi connectivity index (χ0n) is 19.8. The van der Waals surface area contributed by atoms with Crippen LogP contribution >= 0.6 is 0 Å². The van der Waals surface area contributed by atoms with Crippen LogP contribution in [0.5, 0.6) is 0 Å². The van der Waals surface area contributed by atoms with Crippen molar-refractivity contribution in [1.29, 1.82) is 0 Å². The summed E-state index contributed by atoms with van der Waals surface area (Å²) < 4.78 is 0. The molecule has 3 aliphatic carbocycles. The molecule has 168 valence electrons. The van der Waals surface area contributed by atoms with Gasteiger partial charge < -0.3 is 0 Å². The highest BCUT2D eigenvalue weighted by molar-refractivity contribution is 6.24. The van der Waals surface area contributed by atoms with Crippen molar-refractivity contribution in [2.75, 3.05) is 0 Å². The second-order valence-electron chi connectivity index (χ2n) is 10.5. The lowest BCUT2D eigenvalue weighted by atomic mass is 9.67. The summed E-state index contributed by atoms with van der Waals surface area (Å²) >= 11 is 0. The first kappa shape index (κ1) is 20.4. The molecule has 4 aromatic rings. The van der Waals surface area contributed by atoms with E-state index in [0.717, 1.165) is 51.3 Å². The molecule has 0 radical (unpaired) electrons. The van der Waals surface area contributed by atoms with Crippen molar-refractivity contribution in [2.45, 2.75) is 25.2 Å². The van der Waals surface area contributed by atoms with Crippen LogP contribution in [0.25, 0.3) is 21.5 Å². The highest BCUT2D eigenvalue weighted by Crippen LogP contribution is 2.53. The number of carbonyl (C=O) groups excluding carboxylic acids is 1. The monoisotopic (exact) mass is 450 g/mol. The lowest BCUT2D eigenvalue weighted by Crippen LogP contribution is -2.35. The molecule has 0 heterocycles. The molecule has 2 atom stereocenters. The normalized spacial score (nSPS) is 24.9. The van der Waals surface area contributed by atoms with Crippen LogP contribution in [0.3, 0.4) is 0 Å².